The number of likely N-dealkylation sites (tertiary alicyclic amines) is 1. The summed E-state index contributed by atoms with van der Waals surface area (Å²) in [6.07, 6.45) is 7.16. The van der Waals surface area contributed by atoms with E-state index in [1.807, 2.05) is 0 Å². The van der Waals surface area contributed by atoms with Crippen LogP contribution < -0.4 is 0 Å². The average molecular weight is 165 g/mol. The van der Waals surface area contributed by atoms with Crippen LogP contribution in [0, 0.1) is 18.3 Å². The largest absolute Gasteiger partial charge is 0.300 e. The molecule has 0 spiro atoms. The van der Waals surface area contributed by atoms with Crippen LogP contribution in [0.2, 0.25) is 0 Å². The highest BCUT2D eigenvalue weighted by molar-refractivity contribution is 5.78. The van der Waals surface area contributed by atoms with Crippen molar-refractivity contribution in [2.45, 2.75) is 19.8 Å². The molecule has 0 atom stereocenters. The number of terminal acetylenes is 1. The lowest BCUT2D eigenvalue weighted by Gasteiger charge is -2.28. The molecule has 2 nitrogen and oxygen atoms in total. The van der Waals surface area contributed by atoms with Crippen molar-refractivity contribution in [1.29, 1.82) is 0 Å². The van der Waals surface area contributed by atoms with Gasteiger partial charge in [-0.25, -0.2) is 0 Å². The number of hydrogen-bond acceptors (Lipinski definition) is 2. The molecule has 66 valence electrons. The van der Waals surface area contributed by atoms with E-state index in [2.05, 4.69) is 10.8 Å². The van der Waals surface area contributed by atoms with E-state index in [1.165, 1.54) is 0 Å². The molecule has 0 radical (unpaired) electrons. The molecule has 0 aliphatic carbocycles. The molecule has 1 rings (SSSR count). The molecule has 0 unspecified atom stereocenters. The van der Waals surface area contributed by atoms with Gasteiger partial charge in [0.05, 0.1) is 6.54 Å². The van der Waals surface area contributed by atoms with Crippen molar-refractivity contribution in [3.05, 3.63) is 0 Å². The van der Waals surface area contributed by atoms with Gasteiger partial charge in [-0.15, -0.1) is 6.42 Å². The van der Waals surface area contributed by atoms with Crippen molar-refractivity contribution in [3.8, 4) is 12.3 Å². The van der Waals surface area contributed by atoms with Crippen LogP contribution in [0.25, 0.3) is 0 Å². The standard InChI is InChI=1S/C10H15NO/c1-3-6-11-7-4-10(5-8-11)9(2)12/h1,10H,4-8H2,2H3. The van der Waals surface area contributed by atoms with Crippen molar-refractivity contribution in [3.63, 3.8) is 0 Å². The average Bonchev–Trinajstić information content (AvgIpc) is 2.06. The second-order valence-corrected chi connectivity index (χ2v) is 3.37. The molecule has 0 aromatic rings. The lowest BCUT2D eigenvalue weighted by Crippen LogP contribution is -2.35. The van der Waals surface area contributed by atoms with Crippen LogP contribution >= 0.6 is 0 Å². The molecule has 1 aliphatic rings. The number of carbonyl (C=O) groups is 1. The highest BCUT2D eigenvalue weighted by Gasteiger charge is 2.21. The first-order chi connectivity index (χ1) is 5.74. The Kier molecular flexibility index (Phi) is 3.31. The van der Waals surface area contributed by atoms with Gasteiger partial charge in [0.2, 0.25) is 0 Å². The quantitative estimate of drug-likeness (QED) is 0.567. The molecule has 0 aromatic heterocycles. The summed E-state index contributed by atoms with van der Waals surface area (Å²) in [5.41, 5.74) is 0. The third-order valence-electron chi connectivity index (χ3n) is 2.48. The molecule has 0 bridgehead atoms. The van der Waals surface area contributed by atoms with Crippen LogP contribution in [0.15, 0.2) is 0 Å². The van der Waals surface area contributed by atoms with Gasteiger partial charge in [-0.1, -0.05) is 5.92 Å². The van der Waals surface area contributed by atoms with Crippen LogP contribution in [0.1, 0.15) is 19.8 Å². The minimum Gasteiger partial charge on any atom is -0.300 e. The van der Waals surface area contributed by atoms with Crippen LogP contribution in [0.5, 0.6) is 0 Å². The number of ketones is 1. The zero-order valence-corrected chi connectivity index (χ0v) is 7.55. The number of Topliss-reactive ketones (excluding diaryl/α,β-unsaturated/α-hetero) is 1. The molecule has 2 heteroatoms. The van der Waals surface area contributed by atoms with Crippen LogP contribution in [0.4, 0.5) is 0 Å². The van der Waals surface area contributed by atoms with E-state index in [-0.39, 0.29) is 0 Å². The molecule has 1 aliphatic heterocycles. The van der Waals surface area contributed by atoms with Gasteiger partial charge in [-0.3, -0.25) is 9.69 Å². The second-order valence-electron chi connectivity index (χ2n) is 3.37. The summed E-state index contributed by atoms with van der Waals surface area (Å²) in [5.74, 6) is 3.24. The Morgan fingerprint density at radius 1 is 1.58 bits per heavy atom. The third kappa shape index (κ3) is 2.35. The van der Waals surface area contributed by atoms with E-state index in [4.69, 9.17) is 6.42 Å². The summed E-state index contributed by atoms with van der Waals surface area (Å²) in [5, 5.41) is 0. The Bertz CT molecular complexity index is 196. The summed E-state index contributed by atoms with van der Waals surface area (Å²) in [4.78, 5) is 13.2. The molecule has 0 amide bonds. The Balaban J connectivity index is 2.30. The Hall–Kier alpha value is -0.810. The molecule has 1 fully saturated rings. The van der Waals surface area contributed by atoms with Gasteiger partial charge in [0.1, 0.15) is 5.78 Å². The van der Waals surface area contributed by atoms with E-state index in [9.17, 15) is 4.79 Å². The zero-order valence-electron chi connectivity index (χ0n) is 7.55. The smallest absolute Gasteiger partial charge is 0.133 e. The van der Waals surface area contributed by atoms with E-state index in [0.717, 1.165) is 32.5 Å². The number of nitrogens with zero attached hydrogens (tertiary/aromatic N) is 1. The Morgan fingerprint density at radius 3 is 2.58 bits per heavy atom. The first-order valence-electron chi connectivity index (χ1n) is 4.40. The van der Waals surface area contributed by atoms with Crippen molar-refractivity contribution < 1.29 is 4.79 Å². The minimum absolute atomic E-state index is 0.291. The van der Waals surface area contributed by atoms with Crippen molar-refractivity contribution in [2.24, 2.45) is 5.92 Å². The number of hydrogen-bond donors (Lipinski definition) is 0. The molecule has 1 saturated heterocycles. The summed E-state index contributed by atoms with van der Waals surface area (Å²) in [7, 11) is 0. The van der Waals surface area contributed by atoms with Gasteiger partial charge in [-0.2, -0.15) is 0 Å². The summed E-state index contributed by atoms with van der Waals surface area (Å²) in [6, 6.07) is 0. The van der Waals surface area contributed by atoms with Crippen LogP contribution in [-0.4, -0.2) is 30.3 Å². The summed E-state index contributed by atoms with van der Waals surface area (Å²) in [6.45, 7) is 4.37. The maximum absolute atomic E-state index is 11.0. The molecule has 1 heterocycles. The highest BCUT2D eigenvalue weighted by atomic mass is 16.1. The fourth-order valence-electron chi connectivity index (χ4n) is 1.63. The molecule has 0 N–H and O–H groups in total. The van der Waals surface area contributed by atoms with Gasteiger partial charge in [0, 0.05) is 5.92 Å². The van der Waals surface area contributed by atoms with E-state index in [0.29, 0.717) is 11.7 Å². The SMILES string of the molecule is C#CCN1CCC(C(C)=O)CC1. The monoisotopic (exact) mass is 165 g/mol. The van der Waals surface area contributed by atoms with Gasteiger partial charge < -0.3 is 0 Å². The lowest BCUT2D eigenvalue weighted by atomic mass is 9.93. The topological polar surface area (TPSA) is 20.3 Å². The van der Waals surface area contributed by atoms with Gasteiger partial charge >= 0.3 is 0 Å². The highest BCUT2D eigenvalue weighted by Crippen LogP contribution is 2.17. The minimum atomic E-state index is 0.291. The van der Waals surface area contributed by atoms with Crippen molar-refractivity contribution in [2.75, 3.05) is 19.6 Å². The lowest BCUT2D eigenvalue weighted by molar-refractivity contribution is -0.122. The fraction of sp³-hybridized carbons (Fsp3) is 0.700. The van der Waals surface area contributed by atoms with E-state index >= 15 is 0 Å². The van der Waals surface area contributed by atoms with Crippen molar-refractivity contribution in [1.82, 2.24) is 4.90 Å². The molecular formula is C10H15NO. The summed E-state index contributed by atoms with van der Waals surface area (Å²) < 4.78 is 0. The summed E-state index contributed by atoms with van der Waals surface area (Å²) >= 11 is 0. The first-order valence-corrected chi connectivity index (χ1v) is 4.40. The van der Waals surface area contributed by atoms with Crippen molar-refractivity contribution >= 4 is 5.78 Å². The number of carbonyl (C=O) groups excluding carboxylic acids is 1. The maximum atomic E-state index is 11.0. The predicted octanol–water partition coefficient (Wildman–Crippen LogP) is 0.921. The first kappa shape index (κ1) is 9.28. The fourth-order valence-corrected chi connectivity index (χ4v) is 1.63. The second kappa shape index (κ2) is 4.27. The molecule has 0 aromatic carbocycles. The van der Waals surface area contributed by atoms with E-state index < -0.39 is 0 Å². The van der Waals surface area contributed by atoms with Crippen LogP contribution in [-0.2, 0) is 4.79 Å². The zero-order chi connectivity index (χ0) is 8.97. The van der Waals surface area contributed by atoms with Gasteiger partial charge in [-0.05, 0) is 32.9 Å². The Morgan fingerprint density at radius 2 is 2.17 bits per heavy atom. The van der Waals surface area contributed by atoms with E-state index in [1.54, 1.807) is 6.92 Å². The molecular weight excluding hydrogens is 150 g/mol. The molecule has 0 saturated carbocycles. The van der Waals surface area contributed by atoms with Gasteiger partial charge in [0.15, 0.2) is 0 Å². The number of rotatable bonds is 2. The van der Waals surface area contributed by atoms with Crippen LogP contribution in [0.3, 0.4) is 0 Å². The maximum Gasteiger partial charge on any atom is 0.133 e. The molecule has 12 heavy (non-hydrogen) atoms. The normalized spacial score (nSPS) is 20.3. The predicted molar refractivity (Wildman–Crippen MR) is 48.7 cm³/mol. The Labute approximate surface area is 73.9 Å². The number of piperidine rings is 1. The third-order valence-corrected chi connectivity index (χ3v) is 2.48. The van der Waals surface area contributed by atoms with Gasteiger partial charge in [0.25, 0.3) is 0 Å².